The van der Waals surface area contributed by atoms with E-state index < -0.39 is 24.4 Å². The van der Waals surface area contributed by atoms with Crippen LogP contribution in [0, 0.1) is 5.82 Å². The summed E-state index contributed by atoms with van der Waals surface area (Å²) in [5, 5.41) is 25.8. The number of nitrogens with zero attached hydrogens (tertiary/aromatic N) is 2. The van der Waals surface area contributed by atoms with E-state index >= 15 is 0 Å². The minimum absolute atomic E-state index is 0.0256. The van der Waals surface area contributed by atoms with E-state index in [1.807, 2.05) is 13.8 Å². The van der Waals surface area contributed by atoms with Gasteiger partial charge in [-0.15, -0.1) is 0 Å². The van der Waals surface area contributed by atoms with Crippen molar-refractivity contribution >= 4 is 17.6 Å². The van der Waals surface area contributed by atoms with E-state index in [2.05, 4.69) is 15.5 Å². The van der Waals surface area contributed by atoms with E-state index in [9.17, 15) is 24.2 Å². The molecule has 31 heavy (non-hydrogen) atoms. The number of carbonyl (C=O) groups is 2. The van der Waals surface area contributed by atoms with E-state index in [-0.39, 0.29) is 36.8 Å². The summed E-state index contributed by atoms with van der Waals surface area (Å²) in [5.74, 6) is -0.454. The van der Waals surface area contributed by atoms with Gasteiger partial charge in [0, 0.05) is 44.5 Å². The number of rotatable bonds is 6. The van der Waals surface area contributed by atoms with Crippen molar-refractivity contribution in [3.63, 3.8) is 0 Å². The van der Waals surface area contributed by atoms with Crippen LogP contribution in [0.5, 0.6) is 0 Å². The number of aliphatic hydroxyl groups excluding tert-OH is 2. The maximum Gasteiger partial charge on any atom is 0.315 e. The van der Waals surface area contributed by atoms with Crippen LogP contribution < -0.4 is 15.5 Å². The number of ether oxygens (including phenoxy) is 1. The number of aliphatic hydroxyl groups is 2. The Morgan fingerprint density at radius 2 is 1.71 bits per heavy atom. The smallest absolute Gasteiger partial charge is 0.315 e. The molecule has 10 heteroatoms. The molecule has 172 valence electrons. The molecule has 2 fully saturated rings. The highest BCUT2D eigenvalue weighted by atomic mass is 19.1. The first-order valence-electron chi connectivity index (χ1n) is 10.6. The van der Waals surface area contributed by atoms with Crippen LogP contribution >= 0.6 is 0 Å². The molecule has 4 atom stereocenters. The maximum atomic E-state index is 13.1. The molecule has 4 N–H and O–H groups in total. The second-order valence-corrected chi connectivity index (χ2v) is 8.25. The molecule has 2 saturated heterocycles. The fourth-order valence-electron chi connectivity index (χ4n) is 3.84. The molecule has 0 saturated carbocycles. The first kappa shape index (κ1) is 23.2. The Labute approximate surface area is 181 Å². The molecule has 0 spiro atoms. The van der Waals surface area contributed by atoms with Gasteiger partial charge in [0.2, 0.25) is 5.91 Å². The monoisotopic (exact) mass is 438 g/mol. The number of benzene rings is 1. The fourth-order valence-corrected chi connectivity index (χ4v) is 3.84. The minimum Gasteiger partial charge on any atom is -0.388 e. The number of anilines is 1. The molecule has 0 radical (unpaired) electrons. The Kier molecular flexibility index (Phi) is 7.69. The molecule has 0 bridgehead atoms. The standard InChI is InChI=1S/C21H31FN4O5/c1-13(2)24-21(30)23-12-17-20(29)19(28)16(31-17)11-18(27)26-9-7-25(8-10-26)15-5-3-14(22)4-6-15/h3-6,13,16-17,19-20,28-29H,7-12H2,1-2H3,(H2,23,24,30)/t16-,17-,19-,20+/m0/s1. The lowest BCUT2D eigenvalue weighted by Gasteiger charge is -2.36. The summed E-state index contributed by atoms with van der Waals surface area (Å²) < 4.78 is 18.8. The number of piperazine rings is 1. The molecule has 3 amide bonds. The number of hydrogen-bond donors (Lipinski definition) is 4. The molecule has 1 aromatic rings. The van der Waals surface area contributed by atoms with Gasteiger partial charge in [-0.05, 0) is 38.1 Å². The number of halogens is 1. The van der Waals surface area contributed by atoms with Crippen LogP contribution in [0.1, 0.15) is 20.3 Å². The van der Waals surface area contributed by atoms with Gasteiger partial charge >= 0.3 is 6.03 Å². The van der Waals surface area contributed by atoms with E-state index in [0.717, 1.165) is 5.69 Å². The third-order valence-electron chi connectivity index (χ3n) is 5.54. The zero-order chi connectivity index (χ0) is 22.5. The molecule has 9 nitrogen and oxygen atoms in total. The summed E-state index contributed by atoms with van der Waals surface area (Å²) in [4.78, 5) is 28.2. The van der Waals surface area contributed by atoms with Crippen LogP contribution in [0.2, 0.25) is 0 Å². The number of carbonyl (C=O) groups excluding carboxylic acids is 2. The van der Waals surface area contributed by atoms with Gasteiger partial charge in [0.25, 0.3) is 0 Å². The summed E-state index contributed by atoms with van der Waals surface area (Å²) in [6, 6.07) is 5.83. The average molecular weight is 439 g/mol. The quantitative estimate of drug-likeness (QED) is 0.500. The fraction of sp³-hybridized carbons (Fsp3) is 0.619. The van der Waals surface area contributed by atoms with Crippen molar-refractivity contribution in [2.75, 3.05) is 37.6 Å². The lowest BCUT2D eigenvalue weighted by molar-refractivity contribution is -0.135. The van der Waals surface area contributed by atoms with Gasteiger partial charge in [-0.3, -0.25) is 4.79 Å². The Morgan fingerprint density at radius 1 is 1.10 bits per heavy atom. The summed E-state index contributed by atoms with van der Waals surface area (Å²) in [7, 11) is 0. The highest BCUT2D eigenvalue weighted by Crippen LogP contribution is 2.25. The number of amides is 3. The van der Waals surface area contributed by atoms with Gasteiger partial charge in [-0.2, -0.15) is 0 Å². The zero-order valence-corrected chi connectivity index (χ0v) is 17.8. The predicted molar refractivity (Wildman–Crippen MR) is 112 cm³/mol. The molecule has 0 unspecified atom stereocenters. The number of urea groups is 1. The van der Waals surface area contributed by atoms with Gasteiger partial charge in [0.15, 0.2) is 0 Å². The van der Waals surface area contributed by atoms with Gasteiger partial charge in [-0.1, -0.05) is 0 Å². The first-order valence-corrected chi connectivity index (χ1v) is 10.6. The highest BCUT2D eigenvalue weighted by Gasteiger charge is 2.44. The zero-order valence-electron chi connectivity index (χ0n) is 17.8. The topological polar surface area (TPSA) is 114 Å². The lowest BCUT2D eigenvalue weighted by atomic mass is 10.0. The maximum absolute atomic E-state index is 13.1. The average Bonchev–Trinajstić information content (AvgIpc) is 3.00. The number of hydrogen-bond acceptors (Lipinski definition) is 6. The predicted octanol–water partition coefficient (Wildman–Crippen LogP) is 0.0612. The van der Waals surface area contributed by atoms with Crippen LogP contribution in [0.25, 0.3) is 0 Å². The summed E-state index contributed by atoms with van der Waals surface area (Å²) in [6.07, 6.45) is -4.07. The minimum atomic E-state index is -1.20. The van der Waals surface area contributed by atoms with Crippen LogP contribution in [0.3, 0.4) is 0 Å². The van der Waals surface area contributed by atoms with Crippen molar-refractivity contribution in [2.24, 2.45) is 0 Å². The summed E-state index contributed by atoms with van der Waals surface area (Å²) in [6.45, 7) is 5.91. The van der Waals surface area contributed by atoms with E-state index in [1.54, 1.807) is 17.0 Å². The van der Waals surface area contributed by atoms with Crippen molar-refractivity contribution < 1.29 is 28.9 Å². The molecular weight excluding hydrogens is 407 g/mol. The Hall–Kier alpha value is -2.43. The first-order chi connectivity index (χ1) is 14.7. The molecule has 3 rings (SSSR count). The van der Waals surface area contributed by atoms with Gasteiger partial charge in [0.05, 0.1) is 12.5 Å². The lowest BCUT2D eigenvalue weighted by Crippen LogP contribution is -2.49. The van der Waals surface area contributed by atoms with E-state index in [1.165, 1.54) is 12.1 Å². The molecule has 2 aliphatic rings. The van der Waals surface area contributed by atoms with Crippen LogP contribution in [-0.2, 0) is 9.53 Å². The van der Waals surface area contributed by atoms with Crippen molar-refractivity contribution in [2.45, 2.75) is 50.7 Å². The van der Waals surface area contributed by atoms with Gasteiger partial charge < -0.3 is 35.4 Å². The van der Waals surface area contributed by atoms with Crippen molar-refractivity contribution in [3.8, 4) is 0 Å². The normalized spacial score (nSPS) is 26.3. The number of nitrogens with one attached hydrogen (secondary N) is 2. The Bertz CT molecular complexity index is 755. The van der Waals surface area contributed by atoms with E-state index in [4.69, 9.17) is 4.74 Å². The third-order valence-corrected chi connectivity index (χ3v) is 5.54. The molecule has 0 aliphatic carbocycles. The second-order valence-electron chi connectivity index (χ2n) is 8.25. The third kappa shape index (κ3) is 6.05. The van der Waals surface area contributed by atoms with Crippen LogP contribution in [0.4, 0.5) is 14.9 Å². The van der Waals surface area contributed by atoms with Gasteiger partial charge in [-0.25, -0.2) is 9.18 Å². The van der Waals surface area contributed by atoms with Crippen LogP contribution in [0.15, 0.2) is 24.3 Å². The van der Waals surface area contributed by atoms with Crippen LogP contribution in [-0.4, -0.2) is 90.2 Å². The van der Waals surface area contributed by atoms with Gasteiger partial charge in [0.1, 0.15) is 24.1 Å². The Balaban J connectivity index is 1.45. The molecule has 2 aliphatic heterocycles. The van der Waals surface area contributed by atoms with E-state index in [0.29, 0.717) is 26.2 Å². The van der Waals surface area contributed by atoms with Crippen molar-refractivity contribution in [1.29, 1.82) is 0 Å². The van der Waals surface area contributed by atoms with Crippen molar-refractivity contribution in [3.05, 3.63) is 30.1 Å². The van der Waals surface area contributed by atoms with Crippen molar-refractivity contribution in [1.82, 2.24) is 15.5 Å². The molecular formula is C21H31FN4O5. The highest BCUT2D eigenvalue weighted by molar-refractivity contribution is 5.77. The summed E-state index contributed by atoms with van der Waals surface area (Å²) in [5.41, 5.74) is 0.906. The Morgan fingerprint density at radius 3 is 2.32 bits per heavy atom. The summed E-state index contributed by atoms with van der Waals surface area (Å²) >= 11 is 0. The molecule has 0 aromatic heterocycles. The largest absolute Gasteiger partial charge is 0.388 e. The second kappa shape index (κ2) is 10.3. The molecule has 2 heterocycles. The SMILES string of the molecule is CC(C)NC(=O)NC[C@@H]1O[C@@H](CC(=O)N2CCN(c3ccc(F)cc3)CC2)[C@H](O)[C@@H]1O. The molecule has 1 aromatic carbocycles.